The van der Waals surface area contributed by atoms with Crippen LogP contribution in [-0.2, 0) is 15.1 Å². The Balaban J connectivity index is 3.29. The zero-order valence-corrected chi connectivity index (χ0v) is 14.2. The number of hydrogen-bond acceptors (Lipinski definition) is 3. The molecule has 0 aliphatic rings. The van der Waals surface area contributed by atoms with Crippen molar-refractivity contribution in [3.63, 3.8) is 0 Å². The third-order valence-corrected chi connectivity index (χ3v) is 4.44. The lowest BCUT2D eigenvalue weighted by atomic mass is 9.77. The van der Waals surface area contributed by atoms with E-state index in [0.717, 1.165) is 19.1 Å². The van der Waals surface area contributed by atoms with E-state index in [4.69, 9.17) is 0 Å². The van der Waals surface area contributed by atoms with Crippen molar-refractivity contribution in [2.24, 2.45) is 5.92 Å². The minimum absolute atomic E-state index is 0.0553. The van der Waals surface area contributed by atoms with Crippen molar-refractivity contribution in [3.8, 4) is 0 Å². The average molecular weight is 328 g/mol. The number of benzene rings is 1. The predicted octanol–water partition coefficient (Wildman–Crippen LogP) is 4.24. The van der Waals surface area contributed by atoms with Gasteiger partial charge < -0.3 is 9.84 Å². The van der Waals surface area contributed by atoms with E-state index in [1.54, 1.807) is 19.1 Å². The van der Waals surface area contributed by atoms with Gasteiger partial charge >= 0.3 is 5.97 Å². The Morgan fingerprint density at radius 3 is 2.22 bits per heavy atom. The maximum absolute atomic E-state index is 13.4. The molecular weight excluding hydrogens is 302 g/mol. The molecule has 1 aromatic rings. The Bertz CT molecular complexity index is 501. The molecule has 130 valence electrons. The van der Waals surface area contributed by atoms with Gasteiger partial charge in [-0.2, -0.15) is 0 Å². The molecule has 1 aromatic carbocycles. The molecule has 0 aliphatic heterocycles. The zero-order valence-electron chi connectivity index (χ0n) is 14.2. The lowest BCUT2D eigenvalue weighted by molar-refractivity contribution is -0.170. The van der Waals surface area contributed by atoms with Gasteiger partial charge in [-0.15, -0.1) is 0 Å². The number of esters is 1. The maximum atomic E-state index is 13.4. The molecule has 1 rings (SSSR count). The van der Waals surface area contributed by atoms with Crippen molar-refractivity contribution < 1.29 is 23.4 Å². The number of halogens is 2. The van der Waals surface area contributed by atoms with Crippen LogP contribution in [-0.4, -0.2) is 24.6 Å². The van der Waals surface area contributed by atoms with Crippen molar-refractivity contribution in [2.45, 2.75) is 58.0 Å². The quantitative estimate of drug-likeness (QED) is 0.726. The van der Waals surface area contributed by atoms with Gasteiger partial charge in [-0.05, 0) is 29.9 Å². The van der Waals surface area contributed by atoms with Gasteiger partial charge in [-0.1, -0.05) is 51.5 Å². The smallest absolute Gasteiger partial charge is 0.317 e. The Morgan fingerprint density at radius 1 is 1.26 bits per heavy atom. The van der Waals surface area contributed by atoms with Gasteiger partial charge in [-0.25, -0.2) is 8.78 Å². The van der Waals surface area contributed by atoms with E-state index < -0.39 is 23.9 Å². The summed E-state index contributed by atoms with van der Waals surface area (Å²) < 4.78 is 31.4. The lowest BCUT2D eigenvalue weighted by Gasteiger charge is -2.34. The molecule has 3 atom stereocenters. The summed E-state index contributed by atoms with van der Waals surface area (Å²) in [5, 5.41) is 10.9. The van der Waals surface area contributed by atoms with Crippen molar-refractivity contribution in [1.82, 2.24) is 0 Å². The molecule has 0 spiro atoms. The first-order valence-electron chi connectivity index (χ1n) is 8.00. The van der Waals surface area contributed by atoms with Crippen LogP contribution in [0.1, 0.15) is 57.1 Å². The third-order valence-electron chi connectivity index (χ3n) is 4.44. The van der Waals surface area contributed by atoms with E-state index in [1.165, 1.54) is 0 Å². The first kappa shape index (κ1) is 19.6. The number of hydrogen-bond donors (Lipinski definition) is 1. The van der Waals surface area contributed by atoms with E-state index in [-0.39, 0.29) is 6.42 Å². The molecule has 3 unspecified atom stereocenters. The van der Waals surface area contributed by atoms with Gasteiger partial charge in [0, 0.05) is 0 Å². The summed E-state index contributed by atoms with van der Waals surface area (Å²) in [7, 11) is 1.05. The van der Waals surface area contributed by atoms with Crippen LogP contribution in [0.15, 0.2) is 24.3 Å². The number of ether oxygens (including phenoxy) is 1. The second kappa shape index (κ2) is 8.39. The molecule has 0 saturated carbocycles. The van der Waals surface area contributed by atoms with E-state index in [0.29, 0.717) is 17.9 Å². The van der Waals surface area contributed by atoms with Crippen molar-refractivity contribution in [2.75, 3.05) is 7.11 Å². The number of methoxy groups -OCH3 is 1. The highest BCUT2D eigenvalue weighted by molar-refractivity contribution is 5.74. The molecule has 0 heterocycles. The van der Waals surface area contributed by atoms with E-state index in [2.05, 4.69) is 18.6 Å². The highest BCUT2D eigenvalue weighted by Crippen LogP contribution is 2.39. The molecule has 0 amide bonds. The van der Waals surface area contributed by atoms with E-state index in [9.17, 15) is 18.7 Å². The van der Waals surface area contributed by atoms with Gasteiger partial charge in [0.25, 0.3) is 6.43 Å². The minimum Gasteiger partial charge on any atom is -0.469 e. The predicted molar refractivity (Wildman–Crippen MR) is 85.5 cm³/mol. The highest BCUT2D eigenvalue weighted by atomic mass is 19.3. The summed E-state index contributed by atoms with van der Waals surface area (Å²) in [6.07, 6.45) is -1.53. The lowest BCUT2D eigenvalue weighted by Crippen LogP contribution is -2.44. The topological polar surface area (TPSA) is 46.5 Å². The molecule has 0 aromatic heterocycles. The van der Waals surface area contributed by atoms with Crippen LogP contribution in [0.4, 0.5) is 8.78 Å². The first-order chi connectivity index (χ1) is 10.8. The van der Waals surface area contributed by atoms with Gasteiger partial charge in [0.05, 0.1) is 7.11 Å². The van der Waals surface area contributed by atoms with Gasteiger partial charge in [0.1, 0.15) is 5.60 Å². The SMILES string of the molecule is CCCC(O)(c1ccc(C(C)CC)cc1)C(C(=O)OC)C(F)F. The van der Waals surface area contributed by atoms with Crippen molar-refractivity contribution >= 4 is 5.97 Å². The Morgan fingerprint density at radius 2 is 1.83 bits per heavy atom. The standard InChI is InChI=1S/C18H26F2O3/c1-5-11-18(22,15(16(19)20)17(21)23-4)14-9-7-13(8-10-14)12(3)6-2/h7-10,12,15-16,22H,5-6,11H2,1-4H3. The molecule has 23 heavy (non-hydrogen) atoms. The summed E-state index contributed by atoms with van der Waals surface area (Å²) in [6, 6.07) is 6.92. The summed E-state index contributed by atoms with van der Waals surface area (Å²) in [5.41, 5.74) is -0.548. The van der Waals surface area contributed by atoms with Crippen LogP contribution >= 0.6 is 0 Å². The number of rotatable bonds is 8. The van der Waals surface area contributed by atoms with Crippen LogP contribution in [0.2, 0.25) is 0 Å². The summed E-state index contributed by atoms with van der Waals surface area (Å²) in [6.45, 7) is 5.91. The first-order valence-corrected chi connectivity index (χ1v) is 8.00. The Hall–Kier alpha value is -1.49. The van der Waals surface area contributed by atoms with Crippen molar-refractivity contribution in [1.29, 1.82) is 0 Å². The fraction of sp³-hybridized carbons (Fsp3) is 0.611. The third kappa shape index (κ3) is 4.28. The molecular formula is C18H26F2O3. The van der Waals surface area contributed by atoms with Gasteiger partial charge in [0.15, 0.2) is 5.92 Å². The molecule has 0 aliphatic carbocycles. The van der Waals surface area contributed by atoms with Crippen LogP contribution in [0.25, 0.3) is 0 Å². The second-order valence-corrected chi connectivity index (χ2v) is 5.94. The summed E-state index contributed by atoms with van der Waals surface area (Å²) in [5.74, 6) is -2.65. The molecule has 0 bridgehead atoms. The zero-order chi connectivity index (χ0) is 17.6. The molecule has 0 fully saturated rings. The Kier molecular flexibility index (Phi) is 7.13. The van der Waals surface area contributed by atoms with Gasteiger partial charge in [-0.3, -0.25) is 4.79 Å². The largest absolute Gasteiger partial charge is 0.469 e. The molecule has 5 heteroatoms. The minimum atomic E-state index is -3.01. The fourth-order valence-electron chi connectivity index (χ4n) is 2.83. The average Bonchev–Trinajstić information content (AvgIpc) is 2.54. The number of aliphatic hydroxyl groups is 1. The maximum Gasteiger partial charge on any atom is 0.317 e. The van der Waals surface area contributed by atoms with Gasteiger partial charge in [0.2, 0.25) is 0 Å². The summed E-state index contributed by atoms with van der Waals surface area (Å²) in [4.78, 5) is 11.8. The van der Waals surface area contributed by atoms with Crippen LogP contribution in [0.5, 0.6) is 0 Å². The Labute approximate surface area is 136 Å². The highest BCUT2D eigenvalue weighted by Gasteiger charge is 2.48. The molecule has 0 radical (unpaired) electrons. The molecule has 3 nitrogen and oxygen atoms in total. The van der Waals surface area contributed by atoms with Crippen LogP contribution in [0, 0.1) is 5.92 Å². The van der Waals surface area contributed by atoms with E-state index >= 15 is 0 Å². The van der Waals surface area contributed by atoms with Crippen LogP contribution < -0.4 is 0 Å². The van der Waals surface area contributed by atoms with E-state index in [1.807, 2.05) is 12.1 Å². The monoisotopic (exact) mass is 328 g/mol. The normalized spacial score (nSPS) is 16.7. The number of carbonyl (C=O) groups excluding carboxylic acids is 1. The van der Waals surface area contributed by atoms with Crippen LogP contribution in [0.3, 0.4) is 0 Å². The molecule has 0 saturated heterocycles. The number of alkyl halides is 2. The molecule has 1 N–H and O–H groups in total. The second-order valence-electron chi connectivity index (χ2n) is 5.94. The fourth-order valence-corrected chi connectivity index (χ4v) is 2.83. The number of carbonyl (C=O) groups is 1. The van der Waals surface area contributed by atoms with Crippen molar-refractivity contribution in [3.05, 3.63) is 35.4 Å². The summed E-state index contributed by atoms with van der Waals surface area (Å²) >= 11 is 0.